The first-order valence-electron chi connectivity index (χ1n) is 3.67. The topological polar surface area (TPSA) is 118 Å². The summed E-state index contributed by atoms with van der Waals surface area (Å²) in [4.78, 5) is 30.4. The molecule has 0 saturated carbocycles. The standard InChI is InChI=1S/C8H5NO6/c10-3-4-1-5(8(12)13)7(11)6(2-4)9(14)15/h1-3,11H,(H,12,13). The van der Waals surface area contributed by atoms with E-state index in [1.54, 1.807) is 0 Å². The molecule has 0 bridgehead atoms. The summed E-state index contributed by atoms with van der Waals surface area (Å²) in [6.45, 7) is 0. The van der Waals surface area contributed by atoms with Gasteiger partial charge in [-0.3, -0.25) is 14.9 Å². The van der Waals surface area contributed by atoms with E-state index in [1.807, 2.05) is 0 Å². The van der Waals surface area contributed by atoms with Gasteiger partial charge in [-0.15, -0.1) is 0 Å². The van der Waals surface area contributed by atoms with Crippen LogP contribution in [0.25, 0.3) is 0 Å². The number of nitro benzene ring substituents is 1. The SMILES string of the molecule is O=Cc1cc(C(=O)O)c(O)c([N+](=O)[O-])c1. The number of rotatable bonds is 3. The third-order valence-corrected chi connectivity index (χ3v) is 1.68. The summed E-state index contributed by atoms with van der Waals surface area (Å²) in [6.07, 6.45) is 0.263. The van der Waals surface area contributed by atoms with Crippen LogP contribution in [-0.2, 0) is 0 Å². The molecular weight excluding hydrogens is 206 g/mol. The first kappa shape index (κ1) is 10.6. The van der Waals surface area contributed by atoms with Crippen molar-refractivity contribution in [1.29, 1.82) is 0 Å². The van der Waals surface area contributed by atoms with Crippen LogP contribution in [0, 0.1) is 10.1 Å². The van der Waals surface area contributed by atoms with Gasteiger partial charge < -0.3 is 10.2 Å². The van der Waals surface area contributed by atoms with E-state index in [9.17, 15) is 24.8 Å². The molecule has 0 heterocycles. The highest BCUT2D eigenvalue weighted by molar-refractivity contribution is 5.95. The molecule has 0 radical (unpaired) electrons. The van der Waals surface area contributed by atoms with Crippen molar-refractivity contribution in [2.24, 2.45) is 0 Å². The van der Waals surface area contributed by atoms with Gasteiger partial charge in [0.1, 0.15) is 11.8 Å². The van der Waals surface area contributed by atoms with Crippen molar-refractivity contribution in [3.05, 3.63) is 33.4 Å². The minimum absolute atomic E-state index is 0.183. The largest absolute Gasteiger partial charge is 0.501 e. The van der Waals surface area contributed by atoms with E-state index in [1.165, 1.54) is 0 Å². The number of carboxylic acid groups (broad SMARTS) is 1. The molecule has 2 N–H and O–H groups in total. The fourth-order valence-corrected chi connectivity index (χ4v) is 1.01. The Kier molecular flexibility index (Phi) is 2.65. The van der Waals surface area contributed by atoms with Crippen LogP contribution in [-0.4, -0.2) is 27.4 Å². The van der Waals surface area contributed by atoms with E-state index < -0.39 is 27.9 Å². The minimum atomic E-state index is -1.54. The van der Waals surface area contributed by atoms with Crippen molar-refractivity contribution in [3.63, 3.8) is 0 Å². The minimum Gasteiger partial charge on any atom is -0.501 e. The Labute approximate surface area is 82.7 Å². The van der Waals surface area contributed by atoms with E-state index in [2.05, 4.69) is 0 Å². The summed E-state index contributed by atoms with van der Waals surface area (Å²) < 4.78 is 0. The zero-order valence-corrected chi connectivity index (χ0v) is 7.21. The predicted molar refractivity (Wildman–Crippen MR) is 47.1 cm³/mol. The third-order valence-electron chi connectivity index (χ3n) is 1.68. The Morgan fingerprint density at radius 1 is 1.47 bits per heavy atom. The van der Waals surface area contributed by atoms with Gasteiger partial charge in [0.2, 0.25) is 5.75 Å². The summed E-state index contributed by atoms with van der Waals surface area (Å²) in [5.41, 5.74) is -1.67. The number of carbonyl (C=O) groups excluding carboxylic acids is 1. The summed E-state index contributed by atoms with van der Waals surface area (Å²) >= 11 is 0. The fraction of sp³-hybridized carbons (Fsp3) is 0. The number of aromatic hydroxyl groups is 1. The quantitative estimate of drug-likeness (QED) is 0.434. The van der Waals surface area contributed by atoms with Gasteiger partial charge in [-0.25, -0.2) is 4.79 Å². The van der Waals surface area contributed by atoms with E-state index >= 15 is 0 Å². The Morgan fingerprint density at radius 2 is 2.07 bits per heavy atom. The van der Waals surface area contributed by atoms with Gasteiger partial charge in [-0.05, 0) is 6.07 Å². The Balaban J connectivity index is 3.53. The van der Waals surface area contributed by atoms with Crippen molar-refractivity contribution in [3.8, 4) is 5.75 Å². The molecule has 0 aliphatic rings. The van der Waals surface area contributed by atoms with Crippen LogP contribution in [0.3, 0.4) is 0 Å². The number of nitro groups is 1. The molecule has 0 saturated heterocycles. The fourth-order valence-electron chi connectivity index (χ4n) is 1.01. The molecule has 78 valence electrons. The molecule has 0 aliphatic carbocycles. The van der Waals surface area contributed by atoms with E-state index in [4.69, 9.17) is 5.11 Å². The smallest absolute Gasteiger partial charge is 0.339 e. The number of benzene rings is 1. The number of carbonyl (C=O) groups is 2. The van der Waals surface area contributed by atoms with E-state index in [0.717, 1.165) is 12.1 Å². The second kappa shape index (κ2) is 3.74. The van der Waals surface area contributed by atoms with Crippen LogP contribution in [0.5, 0.6) is 5.75 Å². The first-order chi connectivity index (χ1) is 6.97. The summed E-state index contributed by atoms with van der Waals surface area (Å²) in [5.74, 6) is -2.50. The Bertz CT molecular complexity index is 417. The number of aldehydes is 1. The molecule has 0 atom stereocenters. The molecule has 7 heteroatoms. The second-order valence-electron chi connectivity index (χ2n) is 2.62. The molecule has 0 unspecified atom stereocenters. The lowest BCUT2D eigenvalue weighted by Crippen LogP contribution is -2.01. The van der Waals surface area contributed by atoms with Gasteiger partial charge in [0.25, 0.3) is 0 Å². The lowest BCUT2D eigenvalue weighted by molar-refractivity contribution is -0.385. The van der Waals surface area contributed by atoms with Crippen LogP contribution in [0.1, 0.15) is 20.7 Å². The van der Waals surface area contributed by atoms with Crippen molar-refractivity contribution < 1.29 is 24.7 Å². The molecule has 1 rings (SSSR count). The summed E-state index contributed by atoms with van der Waals surface area (Å²) in [5, 5.41) is 28.2. The lowest BCUT2D eigenvalue weighted by Gasteiger charge is -2.01. The third kappa shape index (κ3) is 1.90. The average molecular weight is 211 g/mol. The molecule has 0 amide bonds. The molecule has 0 aromatic heterocycles. The maximum absolute atomic E-state index is 10.6. The maximum Gasteiger partial charge on any atom is 0.339 e. The highest BCUT2D eigenvalue weighted by Gasteiger charge is 2.22. The molecular formula is C8H5NO6. The normalized spacial score (nSPS) is 9.60. The summed E-state index contributed by atoms with van der Waals surface area (Å²) in [7, 11) is 0. The predicted octanol–water partition coefficient (Wildman–Crippen LogP) is 0.811. The van der Waals surface area contributed by atoms with E-state index in [-0.39, 0.29) is 11.8 Å². The van der Waals surface area contributed by atoms with Gasteiger partial charge in [-0.2, -0.15) is 0 Å². The van der Waals surface area contributed by atoms with Gasteiger partial charge in [0.15, 0.2) is 0 Å². The number of hydrogen-bond acceptors (Lipinski definition) is 5. The van der Waals surface area contributed by atoms with Gasteiger partial charge in [-0.1, -0.05) is 0 Å². The Morgan fingerprint density at radius 3 is 2.47 bits per heavy atom. The first-order valence-corrected chi connectivity index (χ1v) is 3.67. The maximum atomic E-state index is 10.6. The molecule has 1 aromatic rings. The molecule has 0 spiro atoms. The number of nitrogens with zero attached hydrogens (tertiary/aromatic N) is 1. The second-order valence-corrected chi connectivity index (χ2v) is 2.62. The molecule has 1 aromatic carbocycles. The van der Waals surface area contributed by atoms with Crippen LogP contribution in [0.2, 0.25) is 0 Å². The zero-order chi connectivity index (χ0) is 11.6. The molecule has 0 fully saturated rings. The number of phenols is 1. The molecule has 7 nitrogen and oxygen atoms in total. The number of aromatic carboxylic acids is 1. The zero-order valence-electron chi connectivity index (χ0n) is 7.21. The lowest BCUT2D eigenvalue weighted by atomic mass is 10.1. The summed E-state index contributed by atoms with van der Waals surface area (Å²) in [6, 6.07) is 1.66. The van der Waals surface area contributed by atoms with Crippen molar-refractivity contribution >= 4 is 17.9 Å². The van der Waals surface area contributed by atoms with Crippen molar-refractivity contribution in [1.82, 2.24) is 0 Å². The van der Waals surface area contributed by atoms with Gasteiger partial charge >= 0.3 is 11.7 Å². The van der Waals surface area contributed by atoms with Crippen molar-refractivity contribution in [2.75, 3.05) is 0 Å². The van der Waals surface area contributed by atoms with E-state index in [0.29, 0.717) is 0 Å². The molecule has 0 aliphatic heterocycles. The van der Waals surface area contributed by atoms with Gasteiger partial charge in [0, 0.05) is 11.6 Å². The van der Waals surface area contributed by atoms with Gasteiger partial charge in [0.05, 0.1) is 4.92 Å². The average Bonchev–Trinajstić information content (AvgIpc) is 2.17. The molecule has 15 heavy (non-hydrogen) atoms. The monoisotopic (exact) mass is 211 g/mol. The highest BCUT2D eigenvalue weighted by Crippen LogP contribution is 2.30. The Hall–Kier alpha value is -2.44. The van der Waals surface area contributed by atoms with Crippen LogP contribution in [0.15, 0.2) is 12.1 Å². The highest BCUT2D eigenvalue weighted by atomic mass is 16.6. The number of hydrogen-bond donors (Lipinski definition) is 2. The van der Waals surface area contributed by atoms with Crippen LogP contribution < -0.4 is 0 Å². The van der Waals surface area contributed by atoms with Crippen LogP contribution >= 0.6 is 0 Å². The number of carboxylic acids is 1. The van der Waals surface area contributed by atoms with Crippen LogP contribution in [0.4, 0.5) is 5.69 Å². The van der Waals surface area contributed by atoms with Crippen molar-refractivity contribution in [2.45, 2.75) is 0 Å².